The van der Waals surface area contributed by atoms with Gasteiger partial charge in [-0.2, -0.15) is 0 Å². The molecule has 0 aromatic heterocycles. The molecule has 47 heavy (non-hydrogen) atoms. The lowest BCUT2D eigenvalue weighted by Crippen LogP contribution is -2.38. The number of aliphatic hydroxyl groups excluding tert-OH is 1. The molecule has 0 unspecified atom stereocenters. The number of thioether (sulfide) groups is 1. The van der Waals surface area contributed by atoms with E-state index < -0.39 is 18.2 Å². The molecular weight excluding hydrogens is 618 g/mol. The summed E-state index contributed by atoms with van der Waals surface area (Å²) >= 11 is 1.60. The Morgan fingerprint density at radius 2 is 1.49 bits per heavy atom. The number of aliphatic hydroxyl groups is 1. The van der Waals surface area contributed by atoms with Crippen LogP contribution in [0.2, 0.25) is 0 Å². The van der Waals surface area contributed by atoms with Gasteiger partial charge in [-0.15, -0.1) is 11.8 Å². The molecule has 10 heteroatoms. The summed E-state index contributed by atoms with van der Waals surface area (Å²) in [5, 5.41) is 30.3. The standard InChI is InChI=1S/C37H37NO8S/c1-23-32(22-47-31-15-13-28(14-16-31)36(43)44)45-37(46-35(23)27-7-5-24(21-39)6-8-27)29-11-9-26(10-12-29)30-4-2-3-25(19-30)20-38-33(40)17-18-34(41)42/h2-16,19,23,32,35,37,39H,17-18,20-22H2,1H3,(H,38,40)(H,41,42)(H,43,44)/t23-,32+,35+,37+/m1/s1. The van der Waals surface area contributed by atoms with Crippen molar-refractivity contribution in [3.05, 3.63) is 125 Å². The van der Waals surface area contributed by atoms with E-state index in [4.69, 9.17) is 14.6 Å². The van der Waals surface area contributed by atoms with Crippen molar-refractivity contribution < 1.29 is 39.2 Å². The number of benzene rings is 4. The molecule has 4 aromatic carbocycles. The van der Waals surface area contributed by atoms with Gasteiger partial charge in [0.05, 0.1) is 30.8 Å². The summed E-state index contributed by atoms with van der Waals surface area (Å²) < 4.78 is 13.2. The molecule has 4 N–H and O–H groups in total. The summed E-state index contributed by atoms with van der Waals surface area (Å²) in [6, 6.07) is 30.3. The number of carboxylic acids is 2. The number of carbonyl (C=O) groups excluding carboxylic acids is 1. The average molecular weight is 656 g/mol. The van der Waals surface area contributed by atoms with E-state index in [0.717, 1.165) is 38.3 Å². The number of aromatic carboxylic acids is 1. The van der Waals surface area contributed by atoms with Crippen molar-refractivity contribution in [2.45, 2.75) is 56.3 Å². The maximum Gasteiger partial charge on any atom is 0.335 e. The van der Waals surface area contributed by atoms with Crippen LogP contribution in [0.5, 0.6) is 0 Å². The van der Waals surface area contributed by atoms with E-state index in [1.807, 2.05) is 84.9 Å². The fraction of sp³-hybridized carbons (Fsp3) is 0.270. The van der Waals surface area contributed by atoms with Gasteiger partial charge in [-0.05, 0) is 58.1 Å². The van der Waals surface area contributed by atoms with E-state index in [9.17, 15) is 24.6 Å². The van der Waals surface area contributed by atoms with E-state index in [1.165, 1.54) is 0 Å². The van der Waals surface area contributed by atoms with Crippen molar-refractivity contribution in [3.8, 4) is 11.1 Å². The molecule has 0 radical (unpaired) electrons. The predicted octanol–water partition coefficient (Wildman–Crippen LogP) is 6.61. The van der Waals surface area contributed by atoms with Crippen LogP contribution >= 0.6 is 11.8 Å². The number of carboxylic acid groups (broad SMARTS) is 2. The first-order valence-electron chi connectivity index (χ1n) is 15.3. The van der Waals surface area contributed by atoms with Crippen LogP contribution in [0.4, 0.5) is 0 Å². The maximum atomic E-state index is 12.0. The molecule has 9 nitrogen and oxygen atoms in total. The number of ether oxygens (including phenoxy) is 2. The molecular formula is C37H37NO8S. The Morgan fingerprint density at radius 3 is 2.15 bits per heavy atom. The van der Waals surface area contributed by atoms with Gasteiger partial charge in [0, 0.05) is 35.1 Å². The van der Waals surface area contributed by atoms with Gasteiger partial charge in [0.25, 0.3) is 0 Å². The summed E-state index contributed by atoms with van der Waals surface area (Å²) in [7, 11) is 0. The highest BCUT2D eigenvalue weighted by Crippen LogP contribution is 2.43. The van der Waals surface area contributed by atoms with Gasteiger partial charge in [-0.25, -0.2) is 4.79 Å². The Bertz CT molecular complexity index is 1670. The molecule has 244 valence electrons. The lowest BCUT2D eigenvalue weighted by molar-refractivity contribution is -0.268. The molecule has 1 fully saturated rings. The van der Waals surface area contributed by atoms with E-state index >= 15 is 0 Å². The van der Waals surface area contributed by atoms with Crippen molar-refractivity contribution in [1.29, 1.82) is 0 Å². The van der Waals surface area contributed by atoms with Crippen LogP contribution in [0.15, 0.2) is 102 Å². The smallest absolute Gasteiger partial charge is 0.335 e. The number of amides is 1. The highest BCUT2D eigenvalue weighted by Gasteiger charge is 2.38. The summed E-state index contributed by atoms with van der Waals surface area (Å²) in [6.07, 6.45) is -1.33. The number of hydrogen-bond donors (Lipinski definition) is 4. The van der Waals surface area contributed by atoms with Crippen LogP contribution < -0.4 is 5.32 Å². The number of nitrogens with one attached hydrogen (secondary N) is 1. The number of rotatable bonds is 13. The first kappa shape index (κ1) is 33.9. The minimum atomic E-state index is -1.00. The minimum absolute atomic E-state index is 0.00338. The third-order valence-electron chi connectivity index (χ3n) is 8.14. The molecule has 0 bridgehead atoms. The summed E-state index contributed by atoms with van der Waals surface area (Å²) in [5.74, 6) is -1.63. The van der Waals surface area contributed by atoms with Crippen LogP contribution in [-0.2, 0) is 32.2 Å². The molecule has 0 aliphatic carbocycles. The van der Waals surface area contributed by atoms with Crippen LogP contribution in [0.25, 0.3) is 11.1 Å². The molecule has 1 amide bonds. The first-order chi connectivity index (χ1) is 22.7. The Hall–Kier alpha value is -4.48. The third kappa shape index (κ3) is 9.08. The quantitative estimate of drug-likeness (QED) is 0.117. The van der Waals surface area contributed by atoms with Gasteiger partial charge in [-0.1, -0.05) is 73.7 Å². The van der Waals surface area contributed by atoms with Gasteiger partial charge >= 0.3 is 11.9 Å². The first-order valence-corrected chi connectivity index (χ1v) is 16.3. The highest BCUT2D eigenvalue weighted by atomic mass is 32.2. The van der Waals surface area contributed by atoms with Crippen molar-refractivity contribution in [1.82, 2.24) is 5.32 Å². The average Bonchev–Trinajstić information content (AvgIpc) is 3.10. The highest BCUT2D eigenvalue weighted by molar-refractivity contribution is 7.99. The summed E-state index contributed by atoms with van der Waals surface area (Å²) in [6.45, 7) is 2.37. The van der Waals surface area contributed by atoms with Crippen LogP contribution in [0, 0.1) is 5.92 Å². The third-order valence-corrected chi connectivity index (χ3v) is 9.24. The van der Waals surface area contributed by atoms with Crippen LogP contribution in [0.1, 0.15) is 64.8 Å². The molecule has 4 aromatic rings. The zero-order valence-corrected chi connectivity index (χ0v) is 26.7. The monoisotopic (exact) mass is 655 g/mol. The fourth-order valence-electron chi connectivity index (χ4n) is 5.39. The van der Waals surface area contributed by atoms with Gasteiger partial charge < -0.3 is 30.1 Å². The molecule has 1 aliphatic rings. The largest absolute Gasteiger partial charge is 0.481 e. The van der Waals surface area contributed by atoms with Crippen molar-refractivity contribution in [3.63, 3.8) is 0 Å². The Labute approximate surface area is 277 Å². The Balaban J connectivity index is 1.31. The molecule has 1 saturated heterocycles. The SMILES string of the molecule is C[C@@H]1[C@H](CSc2ccc(C(=O)O)cc2)O[C@H](c2ccc(-c3cccc(CNC(=O)CCC(=O)O)c3)cc2)O[C@@H]1c1ccc(CO)cc1. The second-order valence-electron chi connectivity index (χ2n) is 11.5. The summed E-state index contributed by atoms with van der Waals surface area (Å²) in [5.41, 5.74) is 5.76. The summed E-state index contributed by atoms with van der Waals surface area (Å²) in [4.78, 5) is 34.9. The Kier molecular flexibility index (Phi) is 11.4. The normalized spacial score (nSPS) is 19.2. The molecule has 4 atom stereocenters. The Morgan fingerprint density at radius 1 is 0.787 bits per heavy atom. The molecule has 0 spiro atoms. The van der Waals surface area contributed by atoms with E-state index in [-0.39, 0.29) is 49.0 Å². The molecule has 1 aliphatic heterocycles. The van der Waals surface area contributed by atoms with Gasteiger partial charge in [0.15, 0.2) is 6.29 Å². The molecule has 0 saturated carbocycles. The second kappa shape index (κ2) is 15.9. The zero-order valence-electron chi connectivity index (χ0n) is 25.9. The zero-order chi connectivity index (χ0) is 33.3. The second-order valence-corrected chi connectivity index (χ2v) is 12.5. The van der Waals surface area contributed by atoms with Gasteiger partial charge in [-0.3, -0.25) is 9.59 Å². The van der Waals surface area contributed by atoms with E-state index in [1.54, 1.807) is 23.9 Å². The molecule has 1 heterocycles. The van der Waals surface area contributed by atoms with Crippen molar-refractivity contribution >= 4 is 29.6 Å². The van der Waals surface area contributed by atoms with Crippen LogP contribution in [-0.4, -0.2) is 45.0 Å². The van der Waals surface area contributed by atoms with Gasteiger partial charge in [0.2, 0.25) is 5.91 Å². The fourth-order valence-corrected chi connectivity index (χ4v) is 6.45. The van der Waals surface area contributed by atoms with E-state index in [2.05, 4.69) is 12.2 Å². The maximum absolute atomic E-state index is 12.0. The minimum Gasteiger partial charge on any atom is -0.481 e. The number of carbonyl (C=O) groups is 3. The van der Waals surface area contributed by atoms with Crippen molar-refractivity contribution in [2.24, 2.45) is 5.92 Å². The topological polar surface area (TPSA) is 142 Å². The van der Waals surface area contributed by atoms with Crippen molar-refractivity contribution in [2.75, 3.05) is 5.75 Å². The number of hydrogen-bond acceptors (Lipinski definition) is 7. The van der Waals surface area contributed by atoms with Gasteiger partial charge in [0.1, 0.15) is 0 Å². The van der Waals surface area contributed by atoms with Crippen LogP contribution in [0.3, 0.4) is 0 Å². The lowest BCUT2D eigenvalue weighted by Gasteiger charge is -2.41. The lowest BCUT2D eigenvalue weighted by atomic mass is 9.91. The number of aliphatic carboxylic acids is 1. The van der Waals surface area contributed by atoms with E-state index in [0.29, 0.717) is 12.3 Å². The molecule has 5 rings (SSSR count). The predicted molar refractivity (Wildman–Crippen MR) is 178 cm³/mol.